The van der Waals surface area contributed by atoms with Crippen LogP contribution in [0.1, 0.15) is 13.8 Å². The summed E-state index contributed by atoms with van der Waals surface area (Å²) < 4.78 is 0. The quantitative estimate of drug-likeness (QED) is 0.641. The number of halogens is 1. The summed E-state index contributed by atoms with van der Waals surface area (Å²) in [4.78, 5) is 32.6. The van der Waals surface area contributed by atoms with E-state index in [-0.39, 0.29) is 16.4 Å². The number of non-ortho nitro benzene ring substituents is 1. The molecule has 0 heterocycles. The molecule has 8 heteroatoms. The first-order valence-corrected chi connectivity index (χ1v) is 6.09. The van der Waals surface area contributed by atoms with Gasteiger partial charge >= 0.3 is 5.97 Å². The Morgan fingerprint density at radius 1 is 1.35 bits per heavy atom. The number of aliphatic carboxylic acids is 1. The smallest absolute Gasteiger partial charge is 0.307 e. The van der Waals surface area contributed by atoms with Gasteiger partial charge in [0.15, 0.2) is 0 Å². The Hall–Kier alpha value is -2.15. The number of carbonyl (C=O) groups is 2. The van der Waals surface area contributed by atoms with Crippen molar-refractivity contribution in [3.63, 3.8) is 0 Å². The zero-order valence-corrected chi connectivity index (χ0v) is 11.5. The van der Waals surface area contributed by atoms with Gasteiger partial charge in [-0.1, -0.05) is 25.4 Å². The Morgan fingerprint density at radius 3 is 2.40 bits per heavy atom. The number of nitro benzene ring substituents is 1. The number of nitrogens with one attached hydrogen (secondary N) is 1. The number of benzene rings is 1. The summed E-state index contributed by atoms with van der Waals surface area (Å²) in [7, 11) is 0. The lowest BCUT2D eigenvalue weighted by Crippen LogP contribution is -2.30. The second-order valence-corrected chi connectivity index (χ2v) is 4.73. The highest BCUT2D eigenvalue weighted by Crippen LogP contribution is 2.27. The molecule has 1 rings (SSSR count). The van der Waals surface area contributed by atoms with Crippen molar-refractivity contribution in [2.75, 3.05) is 5.32 Å². The minimum atomic E-state index is -1.08. The van der Waals surface area contributed by atoms with Crippen LogP contribution in [0.4, 0.5) is 11.4 Å². The molecule has 0 saturated carbocycles. The van der Waals surface area contributed by atoms with E-state index < -0.39 is 28.6 Å². The highest BCUT2D eigenvalue weighted by atomic mass is 35.5. The second-order valence-electron chi connectivity index (χ2n) is 4.33. The van der Waals surface area contributed by atoms with E-state index in [0.717, 1.165) is 6.07 Å². The van der Waals surface area contributed by atoms with Crippen LogP contribution in [0.15, 0.2) is 18.2 Å². The van der Waals surface area contributed by atoms with Gasteiger partial charge in [0.1, 0.15) is 0 Å². The maximum Gasteiger partial charge on any atom is 0.307 e. The van der Waals surface area contributed by atoms with Crippen molar-refractivity contribution < 1.29 is 19.6 Å². The van der Waals surface area contributed by atoms with E-state index in [2.05, 4.69) is 5.32 Å². The molecule has 0 bridgehead atoms. The fourth-order valence-corrected chi connectivity index (χ4v) is 1.63. The van der Waals surface area contributed by atoms with Crippen LogP contribution in [0, 0.1) is 22.0 Å². The minimum Gasteiger partial charge on any atom is -0.481 e. The van der Waals surface area contributed by atoms with Crippen molar-refractivity contribution >= 4 is 34.9 Å². The molecule has 7 nitrogen and oxygen atoms in total. The first-order chi connectivity index (χ1) is 9.23. The number of carbonyl (C=O) groups excluding carboxylic acids is 1. The molecule has 2 atom stereocenters. The number of hydrogen-bond acceptors (Lipinski definition) is 4. The molecule has 108 valence electrons. The zero-order chi connectivity index (χ0) is 15.4. The maximum absolute atomic E-state index is 11.9. The normalized spacial score (nSPS) is 13.3. The Balaban J connectivity index is 2.86. The van der Waals surface area contributed by atoms with Gasteiger partial charge < -0.3 is 10.4 Å². The van der Waals surface area contributed by atoms with Gasteiger partial charge in [0.25, 0.3) is 5.69 Å². The molecule has 1 aromatic carbocycles. The first kappa shape index (κ1) is 15.9. The molecule has 1 amide bonds. The van der Waals surface area contributed by atoms with E-state index in [0.29, 0.717) is 0 Å². The van der Waals surface area contributed by atoms with Crippen molar-refractivity contribution in [3.8, 4) is 0 Å². The van der Waals surface area contributed by atoms with E-state index in [1.54, 1.807) is 0 Å². The largest absolute Gasteiger partial charge is 0.481 e. The third-order valence-corrected chi connectivity index (χ3v) is 3.29. The van der Waals surface area contributed by atoms with Crippen molar-refractivity contribution in [2.45, 2.75) is 13.8 Å². The molecule has 0 aliphatic heterocycles. The van der Waals surface area contributed by atoms with Crippen LogP contribution in [0.3, 0.4) is 0 Å². The van der Waals surface area contributed by atoms with E-state index in [4.69, 9.17) is 16.7 Å². The van der Waals surface area contributed by atoms with E-state index in [1.807, 2.05) is 0 Å². The average molecular weight is 301 g/mol. The second kappa shape index (κ2) is 6.33. The number of carboxylic acid groups (broad SMARTS) is 1. The SMILES string of the molecule is CC(C(=O)O)C(C)C(=O)Nc1ccc([N+](=O)[O-])cc1Cl. The number of hydrogen-bond donors (Lipinski definition) is 2. The highest BCUT2D eigenvalue weighted by molar-refractivity contribution is 6.34. The molecule has 0 aromatic heterocycles. The Labute approximate surface area is 119 Å². The molecule has 0 fully saturated rings. The van der Waals surface area contributed by atoms with Gasteiger partial charge in [-0.05, 0) is 6.07 Å². The Kier molecular flexibility index (Phi) is 5.04. The molecular formula is C12H13ClN2O5. The molecule has 0 aliphatic carbocycles. The lowest BCUT2D eigenvalue weighted by molar-refractivity contribution is -0.384. The van der Waals surface area contributed by atoms with Gasteiger partial charge in [0.05, 0.1) is 21.6 Å². The number of anilines is 1. The fourth-order valence-electron chi connectivity index (χ4n) is 1.41. The van der Waals surface area contributed by atoms with Crippen molar-refractivity contribution in [2.24, 2.45) is 11.8 Å². The van der Waals surface area contributed by atoms with E-state index >= 15 is 0 Å². The van der Waals surface area contributed by atoms with Crippen molar-refractivity contribution in [3.05, 3.63) is 33.3 Å². The summed E-state index contributed by atoms with van der Waals surface area (Å²) in [6.45, 7) is 2.90. The Bertz CT molecular complexity index is 561. The summed E-state index contributed by atoms with van der Waals surface area (Å²) >= 11 is 5.83. The molecule has 0 radical (unpaired) electrons. The van der Waals surface area contributed by atoms with E-state index in [1.165, 1.54) is 26.0 Å². The Morgan fingerprint density at radius 2 is 1.95 bits per heavy atom. The first-order valence-electron chi connectivity index (χ1n) is 5.71. The predicted octanol–water partition coefficient (Wildman–Crippen LogP) is 2.54. The summed E-state index contributed by atoms with van der Waals surface area (Å²) in [6.07, 6.45) is 0. The van der Waals surface area contributed by atoms with Gasteiger partial charge in [0.2, 0.25) is 5.91 Å². The fraction of sp³-hybridized carbons (Fsp3) is 0.333. The molecule has 0 aliphatic rings. The third-order valence-electron chi connectivity index (χ3n) is 2.97. The molecule has 2 N–H and O–H groups in total. The minimum absolute atomic E-state index is 0.0164. The van der Waals surface area contributed by atoms with Gasteiger partial charge in [-0.2, -0.15) is 0 Å². The van der Waals surface area contributed by atoms with E-state index in [9.17, 15) is 19.7 Å². The molecule has 0 spiro atoms. The van der Waals surface area contributed by atoms with Gasteiger partial charge in [-0.3, -0.25) is 19.7 Å². The topological polar surface area (TPSA) is 110 Å². The molecule has 0 saturated heterocycles. The van der Waals surface area contributed by atoms with Crippen LogP contribution in [0.2, 0.25) is 5.02 Å². The summed E-state index contributed by atoms with van der Waals surface area (Å²) in [6, 6.07) is 3.62. The highest BCUT2D eigenvalue weighted by Gasteiger charge is 2.26. The monoisotopic (exact) mass is 300 g/mol. The summed E-state index contributed by atoms with van der Waals surface area (Å²) in [5.74, 6) is -3.22. The van der Waals surface area contributed by atoms with Crippen LogP contribution in [0.5, 0.6) is 0 Å². The van der Waals surface area contributed by atoms with Crippen LogP contribution in [-0.4, -0.2) is 21.9 Å². The lowest BCUT2D eigenvalue weighted by Gasteiger charge is -2.16. The van der Waals surface area contributed by atoms with Crippen LogP contribution < -0.4 is 5.32 Å². The number of carboxylic acids is 1. The average Bonchev–Trinajstić information content (AvgIpc) is 2.38. The summed E-state index contributed by atoms with van der Waals surface area (Å²) in [5.41, 5.74) is 0.00616. The van der Waals surface area contributed by atoms with Gasteiger partial charge in [-0.25, -0.2) is 0 Å². The number of nitrogens with zero attached hydrogens (tertiary/aromatic N) is 1. The van der Waals surface area contributed by atoms with Crippen molar-refractivity contribution in [1.29, 1.82) is 0 Å². The number of rotatable bonds is 5. The van der Waals surface area contributed by atoms with Gasteiger partial charge in [0, 0.05) is 18.1 Å². The molecule has 2 unspecified atom stereocenters. The summed E-state index contributed by atoms with van der Waals surface area (Å²) in [5, 5.41) is 21.9. The molecular weight excluding hydrogens is 288 g/mol. The maximum atomic E-state index is 11.9. The predicted molar refractivity (Wildman–Crippen MR) is 72.7 cm³/mol. The van der Waals surface area contributed by atoms with Gasteiger partial charge in [-0.15, -0.1) is 0 Å². The molecule has 20 heavy (non-hydrogen) atoms. The lowest BCUT2D eigenvalue weighted by atomic mass is 9.95. The standard InChI is InChI=1S/C12H13ClN2O5/c1-6(7(2)12(17)18)11(16)14-10-4-3-8(15(19)20)5-9(10)13/h3-7H,1-2H3,(H,14,16)(H,17,18). The van der Waals surface area contributed by atoms with Crippen LogP contribution >= 0.6 is 11.6 Å². The molecule has 1 aromatic rings. The zero-order valence-electron chi connectivity index (χ0n) is 10.8. The van der Waals surface area contributed by atoms with Crippen LogP contribution in [-0.2, 0) is 9.59 Å². The number of amides is 1. The van der Waals surface area contributed by atoms with Crippen LogP contribution in [0.25, 0.3) is 0 Å². The van der Waals surface area contributed by atoms with Crippen molar-refractivity contribution in [1.82, 2.24) is 0 Å². The third kappa shape index (κ3) is 3.67. The number of nitro groups is 1.